The number of nitrogens with zero attached hydrogens (tertiary/aromatic N) is 1. The van der Waals surface area contributed by atoms with E-state index in [0.29, 0.717) is 0 Å². The van der Waals surface area contributed by atoms with E-state index in [-0.39, 0.29) is 0 Å². The molecular formula is C17H21BrN2. The molecule has 2 nitrogen and oxygen atoms in total. The normalized spacial score (nSPS) is 10.6. The van der Waals surface area contributed by atoms with Crippen LogP contribution in [0.25, 0.3) is 0 Å². The topological polar surface area (TPSA) is 15.3 Å². The molecule has 0 aromatic heterocycles. The minimum absolute atomic E-state index is 0.876. The van der Waals surface area contributed by atoms with Crippen LogP contribution in [0, 0.1) is 6.92 Å². The predicted octanol–water partition coefficient (Wildman–Crippen LogP) is 4.11. The summed E-state index contributed by atoms with van der Waals surface area (Å²) in [5.74, 6) is 0. The highest BCUT2D eigenvalue weighted by atomic mass is 79.9. The number of hydrogen-bond donors (Lipinski definition) is 1. The molecule has 1 N–H and O–H groups in total. The van der Waals surface area contributed by atoms with Crippen LogP contribution < -0.4 is 10.2 Å². The van der Waals surface area contributed by atoms with Crippen molar-refractivity contribution in [1.29, 1.82) is 0 Å². The molecule has 20 heavy (non-hydrogen) atoms. The number of benzene rings is 2. The molecule has 3 heteroatoms. The fourth-order valence-corrected chi connectivity index (χ4v) is 2.75. The highest BCUT2D eigenvalue weighted by molar-refractivity contribution is 9.10. The van der Waals surface area contributed by atoms with E-state index in [1.807, 2.05) is 7.05 Å². The van der Waals surface area contributed by atoms with Gasteiger partial charge in [-0.15, -0.1) is 0 Å². The lowest BCUT2D eigenvalue weighted by Gasteiger charge is -2.23. The van der Waals surface area contributed by atoms with E-state index < -0.39 is 0 Å². The SMILES string of the molecule is CNCc1ccc(Br)cc1N(C)Cc1cccc(C)c1. The summed E-state index contributed by atoms with van der Waals surface area (Å²) in [6.45, 7) is 3.92. The molecule has 0 bridgehead atoms. The zero-order valence-electron chi connectivity index (χ0n) is 12.3. The van der Waals surface area contributed by atoms with Gasteiger partial charge in [0.15, 0.2) is 0 Å². The third-order valence-electron chi connectivity index (χ3n) is 3.33. The monoisotopic (exact) mass is 332 g/mol. The molecule has 0 aliphatic carbocycles. The highest BCUT2D eigenvalue weighted by Gasteiger charge is 2.08. The predicted molar refractivity (Wildman–Crippen MR) is 90.2 cm³/mol. The Morgan fingerprint density at radius 1 is 1.15 bits per heavy atom. The number of aryl methyl sites for hydroxylation is 1. The van der Waals surface area contributed by atoms with Crippen LogP contribution in [0.15, 0.2) is 46.9 Å². The summed E-state index contributed by atoms with van der Waals surface area (Å²) in [5, 5.41) is 3.23. The molecule has 0 heterocycles. The Kier molecular flexibility index (Phi) is 5.21. The highest BCUT2D eigenvalue weighted by Crippen LogP contribution is 2.25. The maximum atomic E-state index is 3.57. The maximum Gasteiger partial charge on any atom is 0.0426 e. The lowest BCUT2D eigenvalue weighted by atomic mass is 10.1. The van der Waals surface area contributed by atoms with Crippen molar-refractivity contribution in [3.63, 3.8) is 0 Å². The fourth-order valence-electron chi connectivity index (χ4n) is 2.40. The molecule has 0 amide bonds. The van der Waals surface area contributed by atoms with Crippen LogP contribution in [0.3, 0.4) is 0 Å². The van der Waals surface area contributed by atoms with E-state index in [1.54, 1.807) is 0 Å². The summed E-state index contributed by atoms with van der Waals surface area (Å²) in [5.41, 5.74) is 5.21. The smallest absolute Gasteiger partial charge is 0.0426 e. The van der Waals surface area contributed by atoms with Crippen molar-refractivity contribution in [2.24, 2.45) is 0 Å². The Hall–Kier alpha value is -1.32. The Morgan fingerprint density at radius 3 is 2.65 bits per heavy atom. The van der Waals surface area contributed by atoms with Crippen molar-refractivity contribution in [2.45, 2.75) is 20.0 Å². The molecule has 0 aliphatic heterocycles. The Balaban J connectivity index is 2.23. The lowest BCUT2D eigenvalue weighted by Crippen LogP contribution is -2.19. The molecule has 0 fully saturated rings. The molecule has 0 saturated carbocycles. The van der Waals surface area contributed by atoms with Gasteiger partial charge in [0.1, 0.15) is 0 Å². The van der Waals surface area contributed by atoms with Crippen LogP contribution in [0.2, 0.25) is 0 Å². The van der Waals surface area contributed by atoms with Gasteiger partial charge in [0.05, 0.1) is 0 Å². The number of nitrogens with one attached hydrogen (secondary N) is 1. The van der Waals surface area contributed by atoms with E-state index >= 15 is 0 Å². The Morgan fingerprint density at radius 2 is 1.95 bits per heavy atom. The molecule has 2 aromatic carbocycles. The van der Waals surface area contributed by atoms with E-state index in [9.17, 15) is 0 Å². The number of hydrogen-bond acceptors (Lipinski definition) is 2. The molecule has 2 aromatic rings. The van der Waals surface area contributed by atoms with Gasteiger partial charge in [-0.05, 0) is 37.2 Å². The minimum Gasteiger partial charge on any atom is -0.370 e. The first-order chi connectivity index (χ1) is 9.60. The molecular weight excluding hydrogens is 312 g/mol. The zero-order valence-corrected chi connectivity index (χ0v) is 13.9. The summed E-state index contributed by atoms with van der Waals surface area (Å²) in [4.78, 5) is 2.30. The number of anilines is 1. The summed E-state index contributed by atoms with van der Waals surface area (Å²) in [6, 6.07) is 15.1. The second-order valence-corrected chi connectivity index (χ2v) is 6.06. The van der Waals surface area contributed by atoms with Gasteiger partial charge in [-0.3, -0.25) is 0 Å². The third-order valence-corrected chi connectivity index (χ3v) is 3.82. The molecule has 0 atom stereocenters. The molecule has 106 valence electrons. The van der Waals surface area contributed by atoms with E-state index in [0.717, 1.165) is 17.6 Å². The van der Waals surface area contributed by atoms with Gasteiger partial charge in [-0.1, -0.05) is 51.8 Å². The van der Waals surface area contributed by atoms with E-state index in [4.69, 9.17) is 0 Å². The summed E-state index contributed by atoms with van der Waals surface area (Å²) >= 11 is 3.57. The number of halogens is 1. The first kappa shape index (κ1) is 15.1. The van der Waals surface area contributed by atoms with E-state index in [2.05, 4.69) is 82.6 Å². The largest absolute Gasteiger partial charge is 0.370 e. The Labute approximate surface area is 129 Å². The zero-order chi connectivity index (χ0) is 14.5. The van der Waals surface area contributed by atoms with Crippen LogP contribution >= 0.6 is 15.9 Å². The van der Waals surface area contributed by atoms with Crippen molar-refractivity contribution < 1.29 is 0 Å². The number of rotatable bonds is 5. The third kappa shape index (κ3) is 3.84. The van der Waals surface area contributed by atoms with Crippen molar-refractivity contribution >= 4 is 21.6 Å². The standard InChI is InChI=1S/C17H21BrN2/c1-13-5-4-6-14(9-13)12-20(3)17-10-16(18)8-7-15(17)11-19-2/h4-10,19H,11-12H2,1-3H3. The Bertz CT molecular complexity index is 581. The first-order valence-electron chi connectivity index (χ1n) is 6.80. The van der Waals surface area contributed by atoms with Gasteiger partial charge in [0.25, 0.3) is 0 Å². The first-order valence-corrected chi connectivity index (χ1v) is 7.59. The van der Waals surface area contributed by atoms with Gasteiger partial charge in [0.2, 0.25) is 0 Å². The second kappa shape index (κ2) is 6.91. The van der Waals surface area contributed by atoms with Gasteiger partial charge < -0.3 is 10.2 Å². The molecule has 0 spiro atoms. The quantitative estimate of drug-likeness (QED) is 0.886. The molecule has 2 rings (SSSR count). The average molecular weight is 333 g/mol. The summed E-state index contributed by atoms with van der Waals surface area (Å²) in [7, 11) is 4.12. The average Bonchev–Trinajstić information content (AvgIpc) is 2.41. The molecule has 0 radical (unpaired) electrons. The second-order valence-electron chi connectivity index (χ2n) is 5.15. The minimum atomic E-state index is 0.876. The van der Waals surface area contributed by atoms with Crippen LogP contribution in [-0.4, -0.2) is 14.1 Å². The van der Waals surface area contributed by atoms with Gasteiger partial charge in [-0.2, -0.15) is 0 Å². The maximum absolute atomic E-state index is 3.57. The lowest BCUT2D eigenvalue weighted by molar-refractivity contribution is 0.805. The summed E-state index contributed by atoms with van der Waals surface area (Å²) < 4.78 is 1.11. The van der Waals surface area contributed by atoms with Crippen molar-refractivity contribution in [3.8, 4) is 0 Å². The van der Waals surface area contributed by atoms with Crippen LogP contribution in [0.5, 0.6) is 0 Å². The fraction of sp³-hybridized carbons (Fsp3) is 0.294. The molecule has 0 saturated heterocycles. The van der Waals surface area contributed by atoms with Crippen molar-refractivity contribution in [3.05, 3.63) is 63.6 Å². The molecule has 0 aliphatic rings. The molecule has 0 unspecified atom stereocenters. The van der Waals surface area contributed by atoms with Crippen LogP contribution in [0.1, 0.15) is 16.7 Å². The summed E-state index contributed by atoms with van der Waals surface area (Å²) in [6.07, 6.45) is 0. The van der Waals surface area contributed by atoms with E-state index in [1.165, 1.54) is 22.4 Å². The van der Waals surface area contributed by atoms with Crippen molar-refractivity contribution in [2.75, 3.05) is 19.0 Å². The van der Waals surface area contributed by atoms with Gasteiger partial charge in [0, 0.05) is 30.3 Å². The van der Waals surface area contributed by atoms with Crippen LogP contribution in [0.4, 0.5) is 5.69 Å². The van der Waals surface area contributed by atoms with Gasteiger partial charge in [-0.25, -0.2) is 0 Å². The van der Waals surface area contributed by atoms with Crippen LogP contribution in [-0.2, 0) is 13.1 Å². The van der Waals surface area contributed by atoms with Gasteiger partial charge >= 0.3 is 0 Å². The van der Waals surface area contributed by atoms with Crippen molar-refractivity contribution in [1.82, 2.24) is 5.32 Å².